The van der Waals surface area contributed by atoms with Gasteiger partial charge in [-0.1, -0.05) is 12.2 Å². The predicted molar refractivity (Wildman–Crippen MR) is 54.2 cm³/mol. The topological polar surface area (TPSA) is 74.6 Å². The van der Waals surface area contributed by atoms with E-state index in [1.165, 1.54) is 12.2 Å². The first-order chi connectivity index (χ1) is 7.02. The number of hydrogen-bond donors (Lipinski definition) is 2. The van der Waals surface area contributed by atoms with Crippen LogP contribution < -0.4 is 0 Å². The first kappa shape index (κ1) is 11.5. The minimum atomic E-state index is -1.07. The van der Waals surface area contributed by atoms with Gasteiger partial charge in [-0.15, -0.1) is 13.2 Å². The van der Waals surface area contributed by atoms with Gasteiger partial charge in [-0.3, -0.25) is 9.59 Å². The van der Waals surface area contributed by atoms with Crippen LogP contribution in [-0.4, -0.2) is 22.2 Å². The zero-order chi connectivity index (χ0) is 11.6. The average molecular weight is 210 g/mol. The van der Waals surface area contributed by atoms with E-state index in [2.05, 4.69) is 13.2 Å². The smallest absolute Gasteiger partial charge is 0.307 e. The van der Waals surface area contributed by atoms with Gasteiger partial charge >= 0.3 is 11.9 Å². The number of carbonyl (C=O) groups is 2. The maximum atomic E-state index is 11.0. The van der Waals surface area contributed by atoms with Gasteiger partial charge < -0.3 is 10.2 Å². The predicted octanol–water partition coefficient (Wildman–Crippen LogP) is 1.40. The number of carboxylic acids is 2. The van der Waals surface area contributed by atoms with Crippen molar-refractivity contribution in [3.05, 3.63) is 25.3 Å². The quantitative estimate of drug-likeness (QED) is 0.688. The van der Waals surface area contributed by atoms with Crippen molar-refractivity contribution in [1.29, 1.82) is 0 Å². The van der Waals surface area contributed by atoms with Gasteiger partial charge in [0.25, 0.3) is 0 Å². The van der Waals surface area contributed by atoms with Crippen molar-refractivity contribution in [2.24, 2.45) is 23.7 Å². The fourth-order valence-electron chi connectivity index (χ4n) is 2.30. The van der Waals surface area contributed by atoms with Gasteiger partial charge in [-0.2, -0.15) is 0 Å². The average Bonchev–Trinajstić information content (AvgIpc) is 2.55. The van der Waals surface area contributed by atoms with Gasteiger partial charge in [0.15, 0.2) is 0 Å². The molecular weight excluding hydrogens is 196 g/mol. The molecule has 1 aliphatic rings. The molecule has 1 fully saturated rings. The van der Waals surface area contributed by atoms with Gasteiger partial charge in [0.1, 0.15) is 0 Å². The van der Waals surface area contributed by atoms with Crippen LogP contribution in [0.15, 0.2) is 25.3 Å². The lowest BCUT2D eigenvalue weighted by molar-refractivity contribution is -0.153. The molecule has 0 spiro atoms. The molecule has 4 heteroatoms. The summed E-state index contributed by atoms with van der Waals surface area (Å²) in [7, 11) is 0. The molecule has 4 atom stereocenters. The Kier molecular flexibility index (Phi) is 3.29. The molecule has 0 heterocycles. The Morgan fingerprint density at radius 3 is 1.53 bits per heavy atom. The largest absolute Gasteiger partial charge is 0.481 e. The monoisotopic (exact) mass is 210 g/mol. The van der Waals surface area contributed by atoms with E-state index in [9.17, 15) is 9.59 Å². The van der Waals surface area contributed by atoms with Gasteiger partial charge in [-0.05, 0) is 18.3 Å². The van der Waals surface area contributed by atoms with Gasteiger partial charge in [0.2, 0.25) is 0 Å². The summed E-state index contributed by atoms with van der Waals surface area (Å²) in [4.78, 5) is 22.0. The highest BCUT2D eigenvalue weighted by Crippen LogP contribution is 2.43. The van der Waals surface area contributed by atoms with Crippen LogP contribution in [0.4, 0.5) is 0 Å². The fourth-order valence-corrected chi connectivity index (χ4v) is 2.30. The Morgan fingerprint density at radius 1 is 1.00 bits per heavy atom. The molecule has 0 saturated heterocycles. The molecule has 2 N–H and O–H groups in total. The zero-order valence-corrected chi connectivity index (χ0v) is 8.30. The van der Waals surface area contributed by atoms with Crippen molar-refractivity contribution >= 4 is 11.9 Å². The lowest BCUT2D eigenvalue weighted by Crippen LogP contribution is -2.30. The molecule has 0 bridgehead atoms. The summed E-state index contributed by atoms with van der Waals surface area (Å²) in [6.45, 7) is 7.09. The molecule has 15 heavy (non-hydrogen) atoms. The second-order valence-corrected chi connectivity index (χ2v) is 3.76. The maximum absolute atomic E-state index is 11.0. The molecule has 0 aromatic rings. The summed E-state index contributed by atoms with van der Waals surface area (Å²) < 4.78 is 0. The fraction of sp³-hybridized carbons (Fsp3) is 0.455. The van der Waals surface area contributed by atoms with Crippen LogP contribution in [0.3, 0.4) is 0 Å². The number of rotatable bonds is 4. The summed E-state index contributed by atoms with van der Waals surface area (Å²) in [5.41, 5.74) is 0. The SMILES string of the molecule is C=CC1CC(C=C)C(C(=O)O)C1C(=O)O. The molecule has 82 valence electrons. The maximum Gasteiger partial charge on any atom is 0.307 e. The van der Waals surface area contributed by atoms with Crippen molar-refractivity contribution in [3.8, 4) is 0 Å². The summed E-state index contributed by atoms with van der Waals surface area (Å²) in [5, 5.41) is 18.0. The zero-order valence-electron chi connectivity index (χ0n) is 8.30. The van der Waals surface area contributed by atoms with Crippen LogP contribution in [0.25, 0.3) is 0 Å². The van der Waals surface area contributed by atoms with Gasteiger partial charge in [-0.25, -0.2) is 0 Å². The Labute approximate surface area is 87.9 Å². The minimum absolute atomic E-state index is 0.286. The van der Waals surface area contributed by atoms with E-state index in [4.69, 9.17) is 10.2 Å². The Bertz CT molecular complexity index is 278. The standard InChI is InChI=1S/C11H14O4/c1-3-6-5-7(4-2)9(11(14)15)8(6)10(12)13/h3-4,6-9H,1-2,5H2,(H,12,13)(H,14,15). The summed E-state index contributed by atoms with van der Waals surface area (Å²) in [6, 6.07) is 0. The minimum Gasteiger partial charge on any atom is -0.481 e. The van der Waals surface area contributed by atoms with E-state index < -0.39 is 23.8 Å². The third kappa shape index (κ3) is 1.93. The Hall–Kier alpha value is -1.58. The van der Waals surface area contributed by atoms with E-state index in [1.54, 1.807) is 0 Å². The van der Waals surface area contributed by atoms with E-state index in [-0.39, 0.29) is 11.8 Å². The molecule has 0 radical (unpaired) electrons. The molecular formula is C11H14O4. The highest BCUT2D eigenvalue weighted by Gasteiger charge is 2.48. The lowest BCUT2D eigenvalue weighted by Gasteiger charge is -2.16. The third-order valence-corrected chi connectivity index (χ3v) is 3.03. The van der Waals surface area contributed by atoms with E-state index in [0.717, 1.165) is 0 Å². The molecule has 0 amide bonds. The van der Waals surface area contributed by atoms with Crippen molar-refractivity contribution < 1.29 is 19.8 Å². The second-order valence-electron chi connectivity index (χ2n) is 3.76. The van der Waals surface area contributed by atoms with Crippen molar-refractivity contribution in [2.75, 3.05) is 0 Å². The van der Waals surface area contributed by atoms with Gasteiger partial charge in [0, 0.05) is 0 Å². The summed E-state index contributed by atoms with van der Waals surface area (Å²) >= 11 is 0. The summed E-state index contributed by atoms with van der Waals surface area (Å²) in [6.07, 6.45) is 3.55. The van der Waals surface area contributed by atoms with Crippen molar-refractivity contribution in [1.82, 2.24) is 0 Å². The van der Waals surface area contributed by atoms with Crippen LogP contribution in [-0.2, 0) is 9.59 Å². The molecule has 0 aromatic heterocycles. The first-order valence-corrected chi connectivity index (χ1v) is 4.73. The van der Waals surface area contributed by atoms with Crippen LogP contribution >= 0.6 is 0 Å². The molecule has 4 nitrogen and oxygen atoms in total. The normalized spacial score (nSPS) is 34.7. The second kappa shape index (κ2) is 4.29. The van der Waals surface area contributed by atoms with Crippen molar-refractivity contribution in [3.63, 3.8) is 0 Å². The first-order valence-electron chi connectivity index (χ1n) is 4.73. The molecule has 0 aromatic carbocycles. The van der Waals surface area contributed by atoms with E-state index in [0.29, 0.717) is 6.42 Å². The van der Waals surface area contributed by atoms with Crippen LogP contribution in [0, 0.1) is 23.7 Å². The molecule has 1 aliphatic carbocycles. The Balaban J connectivity index is 3.05. The van der Waals surface area contributed by atoms with Crippen molar-refractivity contribution in [2.45, 2.75) is 6.42 Å². The summed E-state index contributed by atoms with van der Waals surface area (Å²) in [5.74, 6) is -4.49. The molecule has 4 unspecified atom stereocenters. The van der Waals surface area contributed by atoms with E-state index in [1.807, 2.05) is 0 Å². The lowest BCUT2D eigenvalue weighted by atomic mass is 9.87. The third-order valence-electron chi connectivity index (χ3n) is 3.03. The number of hydrogen-bond acceptors (Lipinski definition) is 2. The number of carboxylic acid groups (broad SMARTS) is 2. The van der Waals surface area contributed by atoms with Crippen LogP contribution in [0.2, 0.25) is 0 Å². The van der Waals surface area contributed by atoms with Crippen LogP contribution in [0.5, 0.6) is 0 Å². The number of aliphatic carboxylic acids is 2. The van der Waals surface area contributed by atoms with Crippen LogP contribution in [0.1, 0.15) is 6.42 Å². The highest BCUT2D eigenvalue weighted by atomic mass is 16.4. The molecule has 1 rings (SSSR count). The van der Waals surface area contributed by atoms with Gasteiger partial charge in [0.05, 0.1) is 11.8 Å². The number of allylic oxidation sites excluding steroid dienone is 2. The Morgan fingerprint density at radius 2 is 1.33 bits per heavy atom. The van der Waals surface area contributed by atoms with E-state index >= 15 is 0 Å². The highest BCUT2D eigenvalue weighted by molar-refractivity contribution is 5.81. The molecule has 0 aliphatic heterocycles. The molecule has 1 saturated carbocycles.